The Bertz CT molecular complexity index is 149. The molecule has 0 radical (unpaired) electrons. The highest BCUT2D eigenvalue weighted by atomic mass is 15.3. The Morgan fingerprint density at radius 1 is 1.15 bits per heavy atom. The highest BCUT2D eigenvalue weighted by Crippen LogP contribution is 2.13. The van der Waals surface area contributed by atoms with Gasteiger partial charge < -0.3 is 5.73 Å². The van der Waals surface area contributed by atoms with Crippen LogP contribution in [-0.2, 0) is 0 Å². The molecule has 0 aromatic carbocycles. The maximum Gasteiger partial charge on any atom is 0.0196 e. The molecule has 0 aromatic rings. The van der Waals surface area contributed by atoms with Crippen molar-refractivity contribution in [3.8, 4) is 0 Å². The fourth-order valence-corrected chi connectivity index (χ4v) is 2.19. The smallest absolute Gasteiger partial charge is 0.0196 e. The van der Waals surface area contributed by atoms with Gasteiger partial charge in [0.25, 0.3) is 0 Å². The van der Waals surface area contributed by atoms with Gasteiger partial charge in [-0.05, 0) is 20.4 Å². The van der Waals surface area contributed by atoms with E-state index in [1.54, 1.807) is 0 Å². The van der Waals surface area contributed by atoms with Gasteiger partial charge in [-0.3, -0.25) is 9.80 Å². The lowest BCUT2D eigenvalue weighted by molar-refractivity contribution is 0.0485. The van der Waals surface area contributed by atoms with Crippen molar-refractivity contribution in [3.63, 3.8) is 0 Å². The fourth-order valence-electron chi connectivity index (χ4n) is 2.19. The van der Waals surface area contributed by atoms with E-state index >= 15 is 0 Å². The third-order valence-corrected chi connectivity index (χ3v) is 3.07. The zero-order chi connectivity index (χ0) is 9.84. The summed E-state index contributed by atoms with van der Waals surface area (Å²) in [5.74, 6) is 0. The van der Waals surface area contributed by atoms with Gasteiger partial charge in [0, 0.05) is 38.3 Å². The van der Waals surface area contributed by atoms with Gasteiger partial charge in [-0.1, -0.05) is 6.92 Å². The van der Waals surface area contributed by atoms with Crippen molar-refractivity contribution in [2.45, 2.75) is 32.9 Å². The molecule has 2 atom stereocenters. The zero-order valence-corrected chi connectivity index (χ0v) is 9.16. The van der Waals surface area contributed by atoms with Crippen LogP contribution in [-0.4, -0.2) is 54.6 Å². The van der Waals surface area contributed by atoms with Gasteiger partial charge in [0.1, 0.15) is 0 Å². The van der Waals surface area contributed by atoms with Gasteiger partial charge in [0.2, 0.25) is 0 Å². The third-order valence-electron chi connectivity index (χ3n) is 3.07. The summed E-state index contributed by atoms with van der Waals surface area (Å²) in [6.07, 6.45) is 0. The van der Waals surface area contributed by atoms with E-state index in [1.807, 2.05) is 0 Å². The van der Waals surface area contributed by atoms with Crippen molar-refractivity contribution in [1.82, 2.24) is 9.80 Å². The number of hydrogen-bond donors (Lipinski definition) is 1. The molecule has 1 aliphatic heterocycles. The lowest BCUT2D eigenvalue weighted by Crippen LogP contribution is -2.56. The van der Waals surface area contributed by atoms with Gasteiger partial charge in [0.15, 0.2) is 0 Å². The molecular weight excluding hydrogens is 162 g/mol. The summed E-state index contributed by atoms with van der Waals surface area (Å²) in [4.78, 5) is 5.04. The monoisotopic (exact) mass is 185 g/mol. The van der Waals surface area contributed by atoms with Crippen LogP contribution in [0.3, 0.4) is 0 Å². The topological polar surface area (TPSA) is 32.5 Å². The predicted molar refractivity (Wildman–Crippen MR) is 56.8 cm³/mol. The average Bonchev–Trinajstić information content (AvgIpc) is 2.11. The van der Waals surface area contributed by atoms with Crippen LogP contribution in [0.2, 0.25) is 0 Å². The molecule has 1 saturated heterocycles. The number of nitrogens with two attached hydrogens (primary N) is 1. The van der Waals surface area contributed by atoms with Crippen molar-refractivity contribution >= 4 is 0 Å². The maximum absolute atomic E-state index is 5.58. The third kappa shape index (κ3) is 2.66. The molecule has 2 N–H and O–H groups in total. The van der Waals surface area contributed by atoms with Gasteiger partial charge in [0.05, 0.1) is 0 Å². The molecule has 2 unspecified atom stereocenters. The Morgan fingerprint density at radius 3 is 2.23 bits per heavy atom. The molecule has 1 aliphatic rings. The van der Waals surface area contributed by atoms with Gasteiger partial charge in [-0.2, -0.15) is 0 Å². The first-order chi connectivity index (χ1) is 6.19. The minimum absolute atomic E-state index is 0.666. The average molecular weight is 185 g/mol. The van der Waals surface area contributed by atoms with Crippen LogP contribution in [0.25, 0.3) is 0 Å². The summed E-state index contributed by atoms with van der Waals surface area (Å²) in [5, 5.41) is 0. The van der Waals surface area contributed by atoms with E-state index in [0.29, 0.717) is 12.1 Å². The van der Waals surface area contributed by atoms with Gasteiger partial charge in [-0.15, -0.1) is 0 Å². The summed E-state index contributed by atoms with van der Waals surface area (Å²) in [7, 11) is 0. The standard InChI is InChI=1S/C10H23N3/c1-4-12-7-10(3)13(6-5-11)8-9(12)2/h9-10H,4-8,11H2,1-3H3. The van der Waals surface area contributed by atoms with E-state index in [4.69, 9.17) is 5.73 Å². The molecule has 0 aliphatic carbocycles. The maximum atomic E-state index is 5.58. The minimum Gasteiger partial charge on any atom is -0.329 e. The Balaban J connectivity index is 2.46. The number of hydrogen-bond acceptors (Lipinski definition) is 3. The Labute approximate surface area is 81.9 Å². The second-order valence-electron chi connectivity index (χ2n) is 4.07. The summed E-state index contributed by atoms with van der Waals surface area (Å²) in [6, 6.07) is 1.35. The van der Waals surface area contributed by atoms with Crippen molar-refractivity contribution in [3.05, 3.63) is 0 Å². The van der Waals surface area contributed by atoms with Gasteiger partial charge in [-0.25, -0.2) is 0 Å². The van der Waals surface area contributed by atoms with Crippen molar-refractivity contribution in [1.29, 1.82) is 0 Å². The molecule has 0 bridgehead atoms. The molecule has 1 fully saturated rings. The molecule has 13 heavy (non-hydrogen) atoms. The van der Waals surface area contributed by atoms with Gasteiger partial charge >= 0.3 is 0 Å². The Kier molecular flexibility index (Phi) is 4.16. The molecule has 78 valence electrons. The van der Waals surface area contributed by atoms with Crippen LogP contribution in [0, 0.1) is 0 Å². The molecule has 1 rings (SSSR count). The van der Waals surface area contributed by atoms with Crippen molar-refractivity contribution < 1.29 is 0 Å². The molecule has 3 nitrogen and oxygen atoms in total. The summed E-state index contributed by atoms with van der Waals surface area (Å²) < 4.78 is 0. The zero-order valence-electron chi connectivity index (χ0n) is 9.16. The van der Waals surface area contributed by atoms with Crippen LogP contribution < -0.4 is 5.73 Å². The quantitative estimate of drug-likeness (QED) is 0.689. The molecule has 0 aromatic heterocycles. The minimum atomic E-state index is 0.666. The van der Waals surface area contributed by atoms with Crippen LogP contribution in [0.4, 0.5) is 0 Å². The lowest BCUT2D eigenvalue weighted by Gasteiger charge is -2.43. The first-order valence-corrected chi connectivity index (χ1v) is 5.37. The van der Waals surface area contributed by atoms with E-state index in [9.17, 15) is 0 Å². The Morgan fingerprint density at radius 2 is 1.69 bits per heavy atom. The number of nitrogens with zero attached hydrogens (tertiary/aromatic N) is 2. The molecule has 0 spiro atoms. The van der Waals surface area contributed by atoms with Crippen molar-refractivity contribution in [2.75, 3.05) is 32.7 Å². The molecular formula is C10H23N3. The Hall–Kier alpha value is -0.120. The fraction of sp³-hybridized carbons (Fsp3) is 1.00. The predicted octanol–water partition coefficient (Wildman–Crippen LogP) is 0.360. The summed E-state index contributed by atoms with van der Waals surface area (Å²) in [6.45, 7) is 12.2. The second kappa shape index (κ2) is 4.94. The highest BCUT2D eigenvalue weighted by Gasteiger charge is 2.26. The SMILES string of the molecule is CCN1CC(C)N(CCN)CC1C. The number of rotatable bonds is 3. The van der Waals surface area contributed by atoms with Crippen molar-refractivity contribution in [2.24, 2.45) is 5.73 Å². The molecule has 1 heterocycles. The number of likely N-dealkylation sites (N-methyl/N-ethyl adjacent to an activating group) is 1. The largest absolute Gasteiger partial charge is 0.329 e. The summed E-state index contributed by atoms with van der Waals surface area (Å²) in [5.41, 5.74) is 5.58. The van der Waals surface area contributed by atoms with Crippen LogP contribution in [0.5, 0.6) is 0 Å². The first kappa shape index (κ1) is 11.0. The molecule has 3 heteroatoms. The van der Waals surface area contributed by atoms with Crippen LogP contribution in [0.1, 0.15) is 20.8 Å². The van der Waals surface area contributed by atoms with E-state index in [-0.39, 0.29) is 0 Å². The first-order valence-electron chi connectivity index (χ1n) is 5.37. The highest BCUT2D eigenvalue weighted by molar-refractivity contribution is 4.83. The van der Waals surface area contributed by atoms with E-state index in [2.05, 4.69) is 30.6 Å². The number of piperazine rings is 1. The van der Waals surface area contributed by atoms with Crippen LogP contribution >= 0.6 is 0 Å². The molecule has 0 amide bonds. The van der Waals surface area contributed by atoms with E-state index in [1.165, 1.54) is 19.6 Å². The normalized spacial score (nSPS) is 32.3. The van der Waals surface area contributed by atoms with Crippen LogP contribution in [0.15, 0.2) is 0 Å². The summed E-state index contributed by atoms with van der Waals surface area (Å²) >= 11 is 0. The lowest BCUT2D eigenvalue weighted by atomic mass is 10.1. The van der Waals surface area contributed by atoms with E-state index < -0.39 is 0 Å². The molecule has 0 saturated carbocycles. The van der Waals surface area contributed by atoms with E-state index in [0.717, 1.165) is 13.1 Å². The second-order valence-corrected chi connectivity index (χ2v) is 4.07.